The van der Waals surface area contributed by atoms with Gasteiger partial charge in [0.15, 0.2) is 12.3 Å². The molecular formula is C20H23BN2O. The third kappa shape index (κ3) is 2.16. The summed E-state index contributed by atoms with van der Waals surface area (Å²) in [6.07, 6.45) is 4.30. The summed E-state index contributed by atoms with van der Waals surface area (Å²) in [6, 6.07) is 8.60. The zero-order valence-corrected chi connectivity index (χ0v) is 14.8. The van der Waals surface area contributed by atoms with Crippen LogP contribution in [0.3, 0.4) is 0 Å². The van der Waals surface area contributed by atoms with Crippen LogP contribution in [0.5, 0.6) is 0 Å². The lowest BCUT2D eigenvalue weighted by molar-refractivity contribution is 0.649. The van der Waals surface area contributed by atoms with Gasteiger partial charge in [-0.2, -0.15) is 0 Å². The van der Waals surface area contributed by atoms with Crippen molar-refractivity contribution in [1.82, 2.24) is 4.98 Å². The highest BCUT2D eigenvalue weighted by molar-refractivity contribution is 6.67. The summed E-state index contributed by atoms with van der Waals surface area (Å²) in [7, 11) is 0. The first kappa shape index (κ1) is 15.3. The Balaban J connectivity index is 1.95. The van der Waals surface area contributed by atoms with Crippen molar-refractivity contribution in [3.05, 3.63) is 47.7 Å². The molecule has 1 atom stereocenters. The molecule has 3 aromatic rings. The smallest absolute Gasteiger partial charge is 0.227 e. The van der Waals surface area contributed by atoms with Crippen molar-refractivity contribution in [2.24, 2.45) is 0 Å². The van der Waals surface area contributed by atoms with Gasteiger partial charge in [0.2, 0.25) is 5.71 Å². The molecule has 0 radical (unpaired) electrons. The van der Waals surface area contributed by atoms with Gasteiger partial charge in [-0.05, 0) is 37.2 Å². The number of aryl methyl sites for hydroxylation is 2. The zero-order valence-electron chi connectivity index (χ0n) is 14.8. The van der Waals surface area contributed by atoms with E-state index in [0.717, 1.165) is 40.5 Å². The highest BCUT2D eigenvalue weighted by atomic mass is 16.3. The van der Waals surface area contributed by atoms with Crippen LogP contribution >= 0.6 is 0 Å². The van der Waals surface area contributed by atoms with E-state index in [2.05, 4.69) is 74.0 Å². The third-order valence-electron chi connectivity index (χ3n) is 5.38. The van der Waals surface area contributed by atoms with E-state index in [9.17, 15) is 0 Å². The predicted molar refractivity (Wildman–Crippen MR) is 103 cm³/mol. The Morgan fingerprint density at radius 1 is 1.17 bits per heavy atom. The lowest BCUT2D eigenvalue weighted by atomic mass is 9.44. The first-order valence-electron chi connectivity index (χ1n) is 8.92. The van der Waals surface area contributed by atoms with Crippen LogP contribution in [0.25, 0.3) is 22.1 Å². The molecule has 0 amide bonds. The molecule has 1 aliphatic rings. The largest absolute Gasteiger partial charge is 0.435 e. The molecule has 1 aliphatic heterocycles. The van der Waals surface area contributed by atoms with Crippen molar-refractivity contribution in [3.8, 4) is 0 Å². The average Bonchev–Trinajstić information content (AvgIpc) is 3.14. The van der Waals surface area contributed by atoms with Crippen LogP contribution in [-0.2, 0) is 6.42 Å². The maximum absolute atomic E-state index is 6.25. The molecule has 0 unspecified atom stereocenters. The third-order valence-corrected chi connectivity index (χ3v) is 5.38. The van der Waals surface area contributed by atoms with E-state index in [1.807, 2.05) is 0 Å². The summed E-state index contributed by atoms with van der Waals surface area (Å²) >= 11 is 0. The van der Waals surface area contributed by atoms with E-state index < -0.39 is 0 Å². The van der Waals surface area contributed by atoms with Gasteiger partial charge < -0.3 is 9.32 Å². The number of aromatic nitrogens is 1. The fraction of sp³-hybridized carbons (Fsp3) is 0.350. The van der Waals surface area contributed by atoms with Crippen molar-refractivity contribution in [1.29, 1.82) is 0 Å². The molecular weight excluding hydrogens is 295 g/mol. The number of nitrogens with zero attached hydrogens (tertiary/aromatic N) is 2. The van der Waals surface area contributed by atoms with Gasteiger partial charge in [0.05, 0.1) is 5.69 Å². The molecule has 4 rings (SSSR count). The van der Waals surface area contributed by atoms with Gasteiger partial charge in [-0.25, -0.2) is 4.98 Å². The number of fused-ring (bicyclic) bond motifs is 3. The maximum atomic E-state index is 6.25. The van der Waals surface area contributed by atoms with Gasteiger partial charge in [0, 0.05) is 22.4 Å². The second kappa shape index (κ2) is 5.69. The van der Waals surface area contributed by atoms with Crippen LogP contribution in [0.2, 0.25) is 6.32 Å². The van der Waals surface area contributed by atoms with Gasteiger partial charge in [0.1, 0.15) is 0 Å². The lowest BCUT2D eigenvalue weighted by Crippen LogP contribution is -2.35. The van der Waals surface area contributed by atoms with Crippen LogP contribution < -0.4 is 4.90 Å². The molecule has 0 spiro atoms. The van der Waals surface area contributed by atoms with Crippen molar-refractivity contribution in [2.75, 3.05) is 4.90 Å². The quantitative estimate of drug-likeness (QED) is 0.624. The second-order valence-corrected chi connectivity index (χ2v) is 6.78. The van der Waals surface area contributed by atoms with Crippen LogP contribution in [0, 0.1) is 6.92 Å². The van der Waals surface area contributed by atoms with Gasteiger partial charge in [-0.1, -0.05) is 45.2 Å². The van der Waals surface area contributed by atoms with Crippen LogP contribution in [0.15, 0.2) is 40.9 Å². The second-order valence-electron chi connectivity index (χ2n) is 6.78. The molecule has 0 bridgehead atoms. The molecule has 3 nitrogen and oxygen atoms in total. The lowest BCUT2D eigenvalue weighted by Gasteiger charge is -2.27. The fourth-order valence-corrected chi connectivity index (χ4v) is 3.82. The van der Waals surface area contributed by atoms with Crippen molar-refractivity contribution >= 4 is 34.5 Å². The first-order valence-corrected chi connectivity index (χ1v) is 8.92. The van der Waals surface area contributed by atoms with Gasteiger partial charge in [-0.15, -0.1) is 0 Å². The molecule has 0 N–H and O–H groups in total. The van der Waals surface area contributed by atoms with Gasteiger partial charge in [0.25, 0.3) is 0 Å². The minimum Gasteiger partial charge on any atom is -0.435 e. The molecule has 2 aromatic heterocycles. The Morgan fingerprint density at radius 2 is 1.96 bits per heavy atom. The summed E-state index contributed by atoms with van der Waals surface area (Å²) in [6.45, 7) is 9.41. The van der Waals surface area contributed by atoms with Gasteiger partial charge >= 0.3 is 0 Å². The average molecular weight is 318 g/mol. The molecule has 3 heterocycles. The summed E-state index contributed by atoms with van der Waals surface area (Å²) in [5, 5.41) is 2.26. The minimum absolute atomic E-state index is 0.451. The molecule has 4 heteroatoms. The Kier molecular flexibility index (Phi) is 3.63. The number of anilines is 1. The van der Waals surface area contributed by atoms with Crippen LogP contribution in [-0.4, -0.2) is 17.6 Å². The van der Waals surface area contributed by atoms with E-state index in [1.54, 1.807) is 0 Å². The molecule has 0 saturated heterocycles. The van der Waals surface area contributed by atoms with Crippen LogP contribution in [0.1, 0.15) is 32.0 Å². The number of hydrogen-bond acceptors (Lipinski definition) is 3. The normalized spacial score (nSPS) is 17.6. The van der Waals surface area contributed by atoms with E-state index in [-0.39, 0.29) is 0 Å². The zero-order chi connectivity index (χ0) is 16.8. The Morgan fingerprint density at radius 3 is 2.67 bits per heavy atom. The number of pyridine rings is 1. The number of rotatable bonds is 3. The molecule has 0 aliphatic carbocycles. The molecule has 0 saturated carbocycles. The SMILES string of the molecule is CCB1C=CN(c2c(C)ccc3c2oc2nc(CC)ccc23)[C@H]1C. The van der Waals surface area contributed by atoms with E-state index in [4.69, 9.17) is 4.42 Å². The van der Waals surface area contributed by atoms with Crippen LogP contribution in [0.4, 0.5) is 5.69 Å². The van der Waals surface area contributed by atoms with Crippen molar-refractivity contribution < 1.29 is 4.42 Å². The van der Waals surface area contributed by atoms with E-state index in [1.165, 1.54) is 11.3 Å². The summed E-state index contributed by atoms with van der Waals surface area (Å²) in [4.78, 5) is 7.05. The standard InChI is InChI=1S/C20H23BN2O/c1-5-15-8-10-17-16-9-7-13(3)18(19(16)24-20(17)22-15)23-12-11-21(6-2)14(23)4/h7-12,14H,5-6H2,1-4H3/t14-/m0/s1. The molecule has 1 aromatic carbocycles. The summed E-state index contributed by atoms with van der Waals surface area (Å²) in [5.74, 6) is 2.77. The predicted octanol–water partition coefficient (Wildman–Crippen LogP) is 5.17. The van der Waals surface area contributed by atoms with Gasteiger partial charge in [-0.3, -0.25) is 0 Å². The topological polar surface area (TPSA) is 29.3 Å². The molecule has 24 heavy (non-hydrogen) atoms. The fourth-order valence-electron chi connectivity index (χ4n) is 3.82. The summed E-state index contributed by atoms with van der Waals surface area (Å²) in [5.41, 5.74) is 5.20. The highest BCUT2D eigenvalue weighted by Crippen LogP contribution is 2.39. The molecule has 0 fully saturated rings. The Bertz CT molecular complexity index is 944. The summed E-state index contributed by atoms with van der Waals surface area (Å²) < 4.78 is 6.25. The minimum atomic E-state index is 0.451. The highest BCUT2D eigenvalue weighted by Gasteiger charge is 2.30. The Labute approximate surface area is 143 Å². The van der Waals surface area contributed by atoms with Crippen molar-refractivity contribution in [3.63, 3.8) is 0 Å². The molecule has 122 valence electrons. The number of hydrogen-bond donors (Lipinski definition) is 0. The first-order chi connectivity index (χ1) is 11.6. The monoisotopic (exact) mass is 318 g/mol. The Hall–Kier alpha value is -2.23. The van der Waals surface area contributed by atoms with E-state index in [0.29, 0.717) is 12.7 Å². The van der Waals surface area contributed by atoms with Crippen molar-refractivity contribution in [2.45, 2.75) is 46.4 Å². The number of furan rings is 1. The maximum Gasteiger partial charge on any atom is 0.227 e. The van der Waals surface area contributed by atoms with E-state index >= 15 is 0 Å². The number of benzene rings is 1.